The number of anilines is 3. The fraction of sp³-hybridized carbons (Fsp3) is 0.706. The van der Waals surface area contributed by atoms with E-state index in [1.165, 1.54) is 0 Å². The summed E-state index contributed by atoms with van der Waals surface area (Å²) in [6.07, 6.45) is 0. The van der Waals surface area contributed by atoms with Crippen LogP contribution in [0.25, 0.3) is 0 Å². The maximum Gasteiger partial charge on any atom is 0.154 e. The maximum absolute atomic E-state index is 6.06. The lowest BCUT2D eigenvalue weighted by Gasteiger charge is -2.30. The molecule has 0 amide bonds. The molecule has 6 nitrogen and oxygen atoms in total. The highest BCUT2D eigenvalue weighted by Crippen LogP contribution is 2.24. The molecule has 0 unspecified atom stereocenters. The zero-order valence-electron chi connectivity index (χ0n) is 15.2. The Bertz CT molecular complexity index is 425. The molecule has 0 radical (unpaired) electrons. The molecule has 2 heterocycles. The molecule has 0 aromatic carbocycles. The molecule has 1 fully saturated rings. The molecule has 1 saturated heterocycles. The van der Waals surface area contributed by atoms with Gasteiger partial charge in [-0.15, -0.1) is 0 Å². The van der Waals surface area contributed by atoms with Crippen molar-refractivity contribution in [2.45, 2.75) is 27.7 Å². The number of nitrogen functional groups attached to an aromatic ring is 1. The van der Waals surface area contributed by atoms with Crippen LogP contribution >= 0.6 is 0 Å². The summed E-state index contributed by atoms with van der Waals surface area (Å²) in [7, 11) is 0. The standard InChI is InChI=1S/C13H23N5.C4H11N/c1-3-17(4-2)12-6-5-11(14)13(16-12)18-9-7-15-8-10-18;1-3-5-4-2/h5-6,15H,3-4,7-10,14H2,1-2H3;5H,3-4H2,1-2H3. The summed E-state index contributed by atoms with van der Waals surface area (Å²) < 4.78 is 0. The van der Waals surface area contributed by atoms with Crippen LogP contribution in [-0.4, -0.2) is 57.3 Å². The van der Waals surface area contributed by atoms with Crippen molar-refractivity contribution in [3.05, 3.63) is 12.1 Å². The van der Waals surface area contributed by atoms with Crippen molar-refractivity contribution in [1.82, 2.24) is 15.6 Å². The lowest BCUT2D eigenvalue weighted by atomic mass is 10.3. The Kier molecular flexibility index (Phi) is 9.40. The molecule has 1 aliphatic heterocycles. The molecule has 0 bridgehead atoms. The molecule has 6 heteroatoms. The van der Waals surface area contributed by atoms with E-state index in [1.807, 2.05) is 12.1 Å². The summed E-state index contributed by atoms with van der Waals surface area (Å²) in [5, 5.41) is 6.45. The molecular formula is C17H34N6. The Labute approximate surface area is 141 Å². The molecule has 4 N–H and O–H groups in total. The van der Waals surface area contributed by atoms with Crippen molar-refractivity contribution in [3.63, 3.8) is 0 Å². The number of nitrogens with two attached hydrogens (primary N) is 1. The minimum Gasteiger partial charge on any atom is -0.396 e. The van der Waals surface area contributed by atoms with Gasteiger partial charge in [-0.1, -0.05) is 13.8 Å². The van der Waals surface area contributed by atoms with E-state index < -0.39 is 0 Å². The minimum absolute atomic E-state index is 0.771. The zero-order valence-corrected chi connectivity index (χ0v) is 15.2. The normalized spacial score (nSPS) is 14.2. The third kappa shape index (κ3) is 6.23. The number of hydrogen-bond donors (Lipinski definition) is 3. The van der Waals surface area contributed by atoms with Crippen molar-refractivity contribution in [1.29, 1.82) is 0 Å². The molecular weight excluding hydrogens is 288 g/mol. The second-order valence-electron chi connectivity index (χ2n) is 5.45. The first kappa shape index (κ1) is 19.5. The van der Waals surface area contributed by atoms with Gasteiger partial charge >= 0.3 is 0 Å². The maximum atomic E-state index is 6.06. The summed E-state index contributed by atoms with van der Waals surface area (Å²) in [4.78, 5) is 9.24. The first-order valence-electron chi connectivity index (χ1n) is 8.85. The fourth-order valence-electron chi connectivity index (χ4n) is 2.55. The number of piperazine rings is 1. The third-order valence-electron chi connectivity index (χ3n) is 3.89. The van der Waals surface area contributed by atoms with Gasteiger partial charge in [0.05, 0.1) is 5.69 Å². The number of rotatable bonds is 6. The lowest BCUT2D eigenvalue weighted by molar-refractivity contribution is 0.585. The summed E-state index contributed by atoms with van der Waals surface area (Å²) in [5.74, 6) is 1.95. The molecule has 0 aliphatic carbocycles. The van der Waals surface area contributed by atoms with E-state index in [0.717, 1.165) is 69.7 Å². The Balaban J connectivity index is 0.000000463. The molecule has 132 valence electrons. The number of aromatic nitrogens is 1. The Hall–Kier alpha value is -1.53. The molecule has 1 aromatic heterocycles. The van der Waals surface area contributed by atoms with Gasteiger partial charge in [0.1, 0.15) is 5.82 Å². The molecule has 0 saturated carbocycles. The van der Waals surface area contributed by atoms with Crippen LogP contribution in [0.1, 0.15) is 27.7 Å². The number of nitrogens with zero attached hydrogens (tertiary/aromatic N) is 3. The van der Waals surface area contributed by atoms with Gasteiger partial charge in [-0.25, -0.2) is 4.98 Å². The number of pyridine rings is 1. The SMILES string of the molecule is CCN(CC)c1ccc(N)c(N2CCNCC2)n1.CCNCC. The van der Waals surface area contributed by atoms with Crippen LogP contribution in [-0.2, 0) is 0 Å². The predicted octanol–water partition coefficient (Wildman–Crippen LogP) is 1.54. The summed E-state index contributed by atoms with van der Waals surface area (Å²) in [6.45, 7) is 16.5. The fourth-order valence-corrected chi connectivity index (χ4v) is 2.55. The number of nitrogens with one attached hydrogen (secondary N) is 2. The van der Waals surface area contributed by atoms with Crippen LogP contribution in [0.3, 0.4) is 0 Å². The summed E-state index contributed by atoms with van der Waals surface area (Å²) in [5.41, 5.74) is 6.83. The Morgan fingerprint density at radius 3 is 2.22 bits per heavy atom. The second-order valence-corrected chi connectivity index (χ2v) is 5.45. The van der Waals surface area contributed by atoms with Crippen LogP contribution in [0.5, 0.6) is 0 Å². The van der Waals surface area contributed by atoms with E-state index in [2.05, 4.69) is 48.1 Å². The zero-order chi connectivity index (χ0) is 17.1. The van der Waals surface area contributed by atoms with E-state index in [9.17, 15) is 0 Å². The average Bonchev–Trinajstić information content (AvgIpc) is 2.59. The van der Waals surface area contributed by atoms with Crippen LogP contribution in [0.4, 0.5) is 17.3 Å². The van der Waals surface area contributed by atoms with Crippen molar-refractivity contribution in [3.8, 4) is 0 Å². The lowest BCUT2D eigenvalue weighted by Crippen LogP contribution is -2.44. The topological polar surface area (TPSA) is 69.5 Å². The Morgan fingerprint density at radius 2 is 1.74 bits per heavy atom. The molecule has 23 heavy (non-hydrogen) atoms. The van der Waals surface area contributed by atoms with E-state index in [1.54, 1.807) is 0 Å². The quantitative estimate of drug-likeness (QED) is 0.738. The van der Waals surface area contributed by atoms with Crippen molar-refractivity contribution in [2.24, 2.45) is 0 Å². The first-order valence-corrected chi connectivity index (χ1v) is 8.85. The monoisotopic (exact) mass is 322 g/mol. The number of hydrogen-bond acceptors (Lipinski definition) is 6. The summed E-state index contributed by atoms with van der Waals surface area (Å²) in [6, 6.07) is 3.98. The van der Waals surface area contributed by atoms with Crippen molar-refractivity contribution in [2.75, 3.05) is 67.9 Å². The largest absolute Gasteiger partial charge is 0.396 e. The van der Waals surface area contributed by atoms with Crippen LogP contribution in [0.2, 0.25) is 0 Å². The van der Waals surface area contributed by atoms with Crippen molar-refractivity contribution >= 4 is 17.3 Å². The van der Waals surface area contributed by atoms with E-state index in [4.69, 9.17) is 10.7 Å². The van der Waals surface area contributed by atoms with Gasteiger partial charge in [-0.3, -0.25) is 0 Å². The second kappa shape index (κ2) is 11.1. The Morgan fingerprint density at radius 1 is 1.13 bits per heavy atom. The van der Waals surface area contributed by atoms with Gasteiger partial charge in [0, 0.05) is 39.3 Å². The molecule has 0 spiro atoms. The highest BCUT2D eigenvalue weighted by atomic mass is 15.3. The summed E-state index contributed by atoms with van der Waals surface area (Å²) >= 11 is 0. The minimum atomic E-state index is 0.771. The first-order chi connectivity index (χ1) is 11.2. The molecule has 0 atom stereocenters. The highest BCUT2D eigenvalue weighted by molar-refractivity contribution is 5.66. The van der Waals surface area contributed by atoms with E-state index in [-0.39, 0.29) is 0 Å². The third-order valence-corrected chi connectivity index (χ3v) is 3.89. The average molecular weight is 323 g/mol. The predicted molar refractivity (Wildman–Crippen MR) is 102 cm³/mol. The van der Waals surface area contributed by atoms with Crippen molar-refractivity contribution < 1.29 is 0 Å². The smallest absolute Gasteiger partial charge is 0.154 e. The highest BCUT2D eigenvalue weighted by Gasteiger charge is 2.16. The van der Waals surface area contributed by atoms with E-state index in [0.29, 0.717) is 0 Å². The molecule has 2 rings (SSSR count). The van der Waals surface area contributed by atoms with Gasteiger partial charge < -0.3 is 26.2 Å². The van der Waals surface area contributed by atoms with Gasteiger partial charge in [0.15, 0.2) is 5.82 Å². The van der Waals surface area contributed by atoms with Crippen LogP contribution < -0.4 is 26.2 Å². The van der Waals surface area contributed by atoms with Gasteiger partial charge in [0.2, 0.25) is 0 Å². The van der Waals surface area contributed by atoms with Crippen LogP contribution in [0, 0.1) is 0 Å². The molecule has 1 aromatic rings. The van der Waals surface area contributed by atoms with Crippen LogP contribution in [0.15, 0.2) is 12.1 Å². The molecule has 1 aliphatic rings. The van der Waals surface area contributed by atoms with Gasteiger partial charge in [-0.2, -0.15) is 0 Å². The van der Waals surface area contributed by atoms with Gasteiger partial charge in [-0.05, 0) is 39.1 Å². The van der Waals surface area contributed by atoms with Gasteiger partial charge in [0.25, 0.3) is 0 Å². The van der Waals surface area contributed by atoms with E-state index >= 15 is 0 Å².